The Morgan fingerprint density at radius 1 is 1.00 bits per heavy atom. The van der Waals surface area contributed by atoms with Gasteiger partial charge >= 0.3 is 6.18 Å². The van der Waals surface area contributed by atoms with Gasteiger partial charge in [-0.25, -0.2) is 4.39 Å². The molecule has 0 spiro atoms. The van der Waals surface area contributed by atoms with Crippen molar-refractivity contribution in [2.75, 3.05) is 41.9 Å². The first-order valence-corrected chi connectivity index (χ1v) is 11.6. The molecule has 0 bridgehead atoms. The van der Waals surface area contributed by atoms with Gasteiger partial charge in [-0.15, -0.1) is 0 Å². The van der Waals surface area contributed by atoms with Gasteiger partial charge in [0, 0.05) is 36.7 Å². The Hall–Kier alpha value is -3.75. The second-order valence-electron chi connectivity index (χ2n) is 9.05. The lowest BCUT2D eigenvalue weighted by molar-refractivity contribution is -0.137. The predicted octanol–water partition coefficient (Wildman–Crippen LogP) is 5.36. The maximum absolute atomic E-state index is 13.4. The fourth-order valence-electron chi connectivity index (χ4n) is 5.10. The highest BCUT2D eigenvalue weighted by atomic mass is 19.4. The Labute approximate surface area is 206 Å². The van der Waals surface area contributed by atoms with Crippen LogP contribution in [0.25, 0.3) is 0 Å². The molecule has 5 rings (SSSR count). The van der Waals surface area contributed by atoms with E-state index in [0.29, 0.717) is 30.9 Å². The van der Waals surface area contributed by atoms with Gasteiger partial charge in [-0.2, -0.15) is 13.2 Å². The number of amides is 1. The number of carbonyl (C=O) groups is 1. The van der Waals surface area contributed by atoms with Gasteiger partial charge in [0.05, 0.1) is 24.6 Å². The molecule has 2 heterocycles. The number of nitrogens with zero attached hydrogens (tertiary/aromatic N) is 2. The van der Waals surface area contributed by atoms with Crippen LogP contribution in [-0.4, -0.2) is 38.7 Å². The SMILES string of the molecule is COc1ccc(N2CCN3c4ccc(C(F)(F)F)cc4C[C@H](C(=O)Nc4ccc(F)cc4)[C@@H]3C2)cc1. The van der Waals surface area contributed by atoms with Gasteiger partial charge in [0.2, 0.25) is 5.91 Å². The molecule has 2 atom stereocenters. The molecule has 3 aromatic rings. The Morgan fingerprint density at radius 2 is 1.72 bits per heavy atom. The summed E-state index contributed by atoms with van der Waals surface area (Å²) in [7, 11) is 1.60. The van der Waals surface area contributed by atoms with Crippen LogP contribution in [0.15, 0.2) is 66.7 Å². The number of anilines is 3. The average molecular weight is 500 g/mol. The molecule has 0 saturated carbocycles. The van der Waals surface area contributed by atoms with E-state index in [0.717, 1.165) is 29.3 Å². The quantitative estimate of drug-likeness (QED) is 0.491. The van der Waals surface area contributed by atoms with Gasteiger partial charge in [0.25, 0.3) is 0 Å². The van der Waals surface area contributed by atoms with Crippen LogP contribution in [0.2, 0.25) is 0 Å². The number of ether oxygens (including phenoxy) is 1. The first-order chi connectivity index (χ1) is 17.2. The Balaban J connectivity index is 1.47. The maximum atomic E-state index is 13.4. The summed E-state index contributed by atoms with van der Waals surface area (Å²) in [4.78, 5) is 17.7. The molecular formula is C27H25F4N3O2. The molecule has 2 aliphatic rings. The molecule has 1 amide bonds. The molecule has 1 N–H and O–H groups in total. The van der Waals surface area contributed by atoms with E-state index in [9.17, 15) is 22.4 Å². The summed E-state index contributed by atoms with van der Waals surface area (Å²) in [5.74, 6) is -0.600. The van der Waals surface area contributed by atoms with Crippen molar-refractivity contribution in [2.24, 2.45) is 5.92 Å². The lowest BCUT2D eigenvalue weighted by Gasteiger charge is -2.49. The zero-order valence-electron chi connectivity index (χ0n) is 19.6. The molecule has 0 aromatic heterocycles. The monoisotopic (exact) mass is 499 g/mol. The largest absolute Gasteiger partial charge is 0.497 e. The van der Waals surface area contributed by atoms with Crippen molar-refractivity contribution >= 4 is 23.0 Å². The van der Waals surface area contributed by atoms with Gasteiger partial charge in [0.1, 0.15) is 11.6 Å². The number of rotatable bonds is 4. The van der Waals surface area contributed by atoms with Crippen LogP contribution in [0.5, 0.6) is 5.75 Å². The van der Waals surface area contributed by atoms with Crippen LogP contribution in [0.1, 0.15) is 11.1 Å². The normalized spacial score (nSPS) is 19.4. The third-order valence-corrected chi connectivity index (χ3v) is 6.93. The number of hydrogen-bond acceptors (Lipinski definition) is 4. The number of alkyl halides is 3. The van der Waals surface area contributed by atoms with Gasteiger partial charge in [0.15, 0.2) is 0 Å². The van der Waals surface area contributed by atoms with Crippen LogP contribution in [0.4, 0.5) is 34.6 Å². The molecule has 3 aromatic carbocycles. The number of carbonyl (C=O) groups excluding carboxylic acids is 1. The fraction of sp³-hybridized carbons (Fsp3) is 0.296. The van der Waals surface area contributed by atoms with E-state index in [1.165, 1.54) is 30.3 Å². The van der Waals surface area contributed by atoms with Crippen molar-refractivity contribution < 1.29 is 27.1 Å². The summed E-state index contributed by atoms with van der Waals surface area (Å²) in [5.41, 5.74) is 1.91. The number of hydrogen-bond donors (Lipinski definition) is 1. The fourth-order valence-corrected chi connectivity index (χ4v) is 5.10. The van der Waals surface area contributed by atoms with E-state index < -0.39 is 23.5 Å². The highest BCUT2D eigenvalue weighted by Crippen LogP contribution is 2.40. The predicted molar refractivity (Wildman–Crippen MR) is 130 cm³/mol. The molecule has 188 valence electrons. The third kappa shape index (κ3) is 4.69. The minimum absolute atomic E-state index is 0.171. The van der Waals surface area contributed by atoms with Crippen LogP contribution < -0.4 is 19.9 Å². The van der Waals surface area contributed by atoms with Crippen LogP contribution >= 0.6 is 0 Å². The molecule has 1 fully saturated rings. The van der Waals surface area contributed by atoms with Crippen molar-refractivity contribution in [3.05, 3.63) is 83.7 Å². The smallest absolute Gasteiger partial charge is 0.416 e. The summed E-state index contributed by atoms with van der Waals surface area (Å²) in [6.45, 7) is 1.72. The van der Waals surface area contributed by atoms with E-state index in [1.807, 2.05) is 29.2 Å². The number of methoxy groups -OCH3 is 1. The van der Waals surface area contributed by atoms with Gasteiger partial charge in [-0.05, 0) is 78.7 Å². The summed E-state index contributed by atoms with van der Waals surface area (Å²) in [6, 6.07) is 16.6. The minimum atomic E-state index is -4.47. The van der Waals surface area contributed by atoms with Crippen molar-refractivity contribution in [3.8, 4) is 5.75 Å². The highest BCUT2D eigenvalue weighted by molar-refractivity contribution is 5.94. The Kier molecular flexibility index (Phi) is 6.24. The van der Waals surface area contributed by atoms with Crippen molar-refractivity contribution in [3.63, 3.8) is 0 Å². The van der Waals surface area contributed by atoms with Gasteiger partial charge in [-0.1, -0.05) is 0 Å². The number of halogens is 4. The summed E-state index contributed by atoms with van der Waals surface area (Å²) in [5, 5.41) is 2.83. The van der Waals surface area contributed by atoms with E-state index in [4.69, 9.17) is 4.74 Å². The zero-order valence-corrected chi connectivity index (χ0v) is 19.6. The molecule has 2 aliphatic heterocycles. The topological polar surface area (TPSA) is 44.8 Å². The second kappa shape index (κ2) is 9.37. The van der Waals surface area contributed by atoms with Crippen LogP contribution in [0, 0.1) is 11.7 Å². The summed E-state index contributed by atoms with van der Waals surface area (Å²) in [6.07, 6.45) is -4.30. The van der Waals surface area contributed by atoms with E-state index >= 15 is 0 Å². The lowest BCUT2D eigenvalue weighted by atomic mass is 9.82. The van der Waals surface area contributed by atoms with Crippen LogP contribution in [0.3, 0.4) is 0 Å². The first kappa shape index (κ1) is 24.0. The zero-order chi connectivity index (χ0) is 25.4. The summed E-state index contributed by atoms with van der Waals surface area (Å²) < 4.78 is 58.8. The third-order valence-electron chi connectivity index (χ3n) is 6.93. The molecule has 36 heavy (non-hydrogen) atoms. The molecule has 5 nitrogen and oxygen atoms in total. The standard InChI is InChI=1S/C27H25F4N3O2/c1-36-22-9-7-21(8-10-22)33-12-13-34-24-11-2-18(27(29,30)31)14-17(24)15-23(25(34)16-33)26(35)32-20-5-3-19(28)4-6-20/h2-11,14,23,25H,12-13,15-16H2,1H3,(H,32,35)/t23-,25-/m0/s1. The average Bonchev–Trinajstić information content (AvgIpc) is 2.88. The molecule has 0 aliphatic carbocycles. The highest BCUT2D eigenvalue weighted by Gasteiger charge is 2.43. The first-order valence-electron chi connectivity index (χ1n) is 11.6. The number of fused-ring (bicyclic) bond motifs is 3. The number of nitrogens with one attached hydrogen (secondary N) is 1. The molecular weight excluding hydrogens is 474 g/mol. The van der Waals surface area contributed by atoms with E-state index in [1.54, 1.807) is 7.11 Å². The Morgan fingerprint density at radius 3 is 2.39 bits per heavy atom. The van der Waals surface area contributed by atoms with Crippen molar-refractivity contribution in [1.82, 2.24) is 0 Å². The second-order valence-corrected chi connectivity index (χ2v) is 9.05. The lowest BCUT2D eigenvalue weighted by Crippen LogP contribution is -2.60. The van der Waals surface area contributed by atoms with E-state index in [2.05, 4.69) is 10.2 Å². The molecule has 9 heteroatoms. The van der Waals surface area contributed by atoms with Gasteiger partial charge in [-0.3, -0.25) is 4.79 Å². The maximum Gasteiger partial charge on any atom is 0.416 e. The number of benzene rings is 3. The Bertz CT molecular complexity index is 1250. The van der Waals surface area contributed by atoms with Crippen LogP contribution in [-0.2, 0) is 17.4 Å². The van der Waals surface area contributed by atoms with Crippen molar-refractivity contribution in [2.45, 2.75) is 18.6 Å². The van der Waals surface area contributed by atoms with E-state index in [-0.39, 0.29) is 18.4 Å². The molecule has 0 unspecified atom stereocenters. The minimum Gasteiger partial charge on any atom is -0.497 e. The molecule has 1 saturated heterocycles. The van der Waals surface area contributed by atoms with Gasteiger partial charge < -0.3 is 19.9 Å². The van der Waals surface area contributed by atoms with Crippen molar-refractivity contribution in [1.29, 1.82) is 0 Å². The number of piperazine rings is 1. The summed E-state index contributed by atoms with van der Waals surface area (Å²) >= 11 is 0. The molecule has 0 radical (unpaired) electrons.